The van der Waals surface area contributed by atoms with Crippen LogP contribution < -0.4 is 5.32 Å². The van der Waals surface area contributed by atoms with Gasteiger partial charge in [-0.2, -0.15) is 0 Å². The third kappa shape index (κ3) is 3.58. The molecule has 1 saturated carbocycles. The monoisotopic (exact) mass is 197 g/mol. The smallest absolute Gasteiger partial charge is 0.0468 e. The van der Waals surface area contributed by atoms with Crippen molar-refractivity contribution in [1.82, 2.24) is 5.32 Å². The Morgan fingerprint density at radius 2 is 1.93 bits per heavy atom. The highest BCUT2D eigenvalue weighted by molar-refractivity contribution is 4.81. The number of hydrogen-bond acceptors (Lipinski definition) is 2. The SMILES string of the molecule is CC(CNC1CC1)CC1CCOCC1. The maximum Gasteiger partial charge on any atom is 0.0468 e. The third-order valence-electron chi connectivity index (χ3n) is 3.41. The number of ether oxygens (including phenoxy) is 1. The van der Waals surface area contributed by atoms with E-state index >= 15 is 0 Å². The number of rotatable bonds is 5. The molecule has 82 valence electrons. The second-order valence-electron chi connectivity index (χ2n) is 5.08. The summed E-state index contributed by atoms with van der Waals surface area (Å²) in [5.41, 5.74) is 0. The maximum absolute atomic E-state index is 5.37. The van der Waals surface area contributed by atoms with Crippen LogP contribution in [0.15, 0.2) is 0 Å². The summed E-state index contributed by atoms with van der Waals surface area (Å²) < 4.78 is 5.37. The number of nitrogens with one attached hydrogen (secondary N) is 1. The molecular formula is C12H23NO. The van der Waals surface area contributed by atoms with Crippen molar-refractivity contribution in [1.29, 1.82) is 0 Å². The summed E-state index contributed by atoms with van der Waals surface area (Å²) in [6.07, 6.45) is 6.78. The van der Waals surface area contributed by atoms with Crippen LogP contribution in [-0.4, -0.2) is 25.8 Å². The largest absolute Gasteiger partial charge is 0.381 e. The highest BCUT2D eigenvalue weighted by Crippen LogP contribution is 2.24. The fraction of sp³-hybridized carbons (Fsp3) is 1.00. The lowest BCUT2D eigenvalue weighted by atomic mass is 9.90. The molecule has 2 heteroatoms. The molecule has 0 aromatic rings. The summed E-state index contributed by atoms with van der Waals surface area (Å²) in [6, 6.07) is 0.868. The Bertz CT molecular complexity index is 162. The van der Waals surface area contributed by atoms with Crippen LogP contribution in [0.5, 0.6) is 0 Å². The molecule has 0 aromatic carbocycles. The molecule has 0 bridgehead atoms. The molecule has 1 aliphatic heterocycles. The minimum atomic E-state index is 0.846. The van der Waals surface area contributed by atoms with Crippen LogP contribution in [0.3, 0.4) is 0 Å². The summed E-state index contributed by atoms with van der Waals surface area (Å²) in [5.74, 6) is 1.78. The molecule has 1 heterocycles. The number of hydrogen-bond donors (Lipinski definition) is 1. The Hall–Kier alpha value is -0.0800. The van der Waals surface area contributed by atoms with E-state index in [4.69, 9.17) is 4.74 Å². The van der Waals surface area contributed by atoms with Crippen LogP contribution in [0.1, 0.15) is 39.0 Å². The predicted molar refractivity (Wildman–Crippen MR) is 58.3 cm³/mol. The molecule has 0 amide bonds. The van der Waals surface area contributed by atoms with Crippen molar-refractivity contribution in [3.63, 3.8) is 0 Å². The minimum Gasteiger partial charge on any atom is -0.381 e. The Kier molecular flexibility index (Phi) is 3.82. The highest BCUT2D eigenvalue weighted by Gasteiger charge is 2.22. The first-order chi connectivity index (χ1) is 6.84. The van der Waals surface area contributed by atoms with E-state index in [-0.39, 0.29) is 0 Å². The maximum atomic E-state index is 5.37. The van der Waals surface area contributed by atoms with E-state index in [1.54, 1.807) is 0 Å². The van der Waals surface area contributed by atoms with Crippen molar-refractivity contribution in [2.75, 3.05) is 19.8 Å². The van der Waals surface area contributed by atoms with Crippen molar-refractivity contribution in [2.24, 2.45) is 11.8 Å². The first kappa shape index (κ1) is 10.4. The molecule has 2 rings (SSSR count). The summed E-state index contributed by atoms with van der Waals surface area (Å²) in [5, 5.41) is 3.61. The van der Waals surface area contributed by atoms with Gasteiger partial charge in [0.1, 0.15) is 0 Å². The lowest BCUT2D eigenvalue weighted by Crippen LogP contribution is -2.26. The summed E-state index contributed by atoms with van der Waals surface area (Å²) in [7, 11) is 0. The van der Waals surface area contributed by atoms with Crippen LogP contribution in [0.25, 0.3) is 0 Å². The Morgan fingerprint density at radius 3 is 2.57 bits per heavy atom. The second-order valence-corrected chi connectivity index (χ2v) is 5.08. The zero-order valence-corrected chi connectivity index (χ0v) is 9.30. The van der Waals surface area contributed by atoms with Crippen LogP contribution in [0, 0.1) is 11.8 Å². The van der Waals surface area contributed by atoms with Gasteiger partial charge in [0, 0.05) is 19.3 Å². The summed E-state index contributed by atoms with van der Waals surface area (Å²) in [6.45, 7) is 5.59. The first-order valence-electron chi connectivity index (χ1n) is 6.15. The molecule has 14 heavy (non-hydrogen) atoms. The predicted octanol–water partition coefficient (Wildman–Crippen LogP) is 2.19. The van der Waals surface area contributed by atoms with Gasteiger partial charge in [-0.05, 0) is 50.5 Å². The van der Waals surface area contributed by atoms with Crippen molar-refractivity contribution in [3.05, 3.63) is 0 Å². The Morgan fingerprint density at radius 1 is 1.21 bits per heavy atom. The van der Waals surface area contributed by atoms with Gasteiger partial charge in [0.2, 0.25) is 0 Å². The van der Waals surface area contributed by atoms with Crippen molar-refractivity contribution in [2.45, 2.75) is 45.1 Å². The summed E-state index contributed by atoms with van der Waals surface area (Å²) >= 11 is 0. The third-order valence-corrected chi connectivity index (χ3v) is 3.41. The fourth-order valence-corrected chi connectivity index (χ4v) is 2.29. The van der Waals surface area contributed by atoms with E-state index in [0.29, 0.717) is 0 Å². The molecular weight excluding hydrogens is 174 g/mol. The van der Waals surface area contributed by atoms with Crippen molar-refractivity contribution >= 4 is 0 Å². The molecule has 0 aromatic heterocycles. The van der Waals surface area contributed by atoms with E-state index < -0.39 is 0 Å². The zero-order chi connectivity index (χ0) is 9.80. The van der Waals surface area contributed by atoms with Crippen LogP contribution >= 0.6 is 0 Å². The average Bonchev–Trinajstić information content (AvgIpc) is 3.00. The van der Waals surface area contributed by atoms with E-state index in [1.807, 2.05) is 0 Å². The molecule has 1 atom stereocenters. The average molecular weight is 197 g/mol. The summed E-state index contributed by atoms with van der Waals surface area (Å²) in [4.78, 5) is 0. The van der Waals surface area contributed by atoms with Gasteiger partial charge in [0.25, 0.3) is 0 Å². The zero-order valence-electron chi connectivity index (χ0n) is 9.30. The molecule has 1 N–H and O–H groups in total. The minimum absolute atomic E-state index is 0.846. The molecule has 2 aliphatic rings. The highest BCUT2D eigenvalue weighted by atomic mass is 16.5. The lowest BCUT2D eigenvalue weighted by molar-refractivity contribution is 0.0593. The van der Waals surface area contributed by atoms with Crippen LogP contribution in [-0.2, 0) is 4.74 Å². The topological polar surface area (TPSA) is 21.3 Å². The van der Waals surface area contributed by atoms with Crippen LogP contribution in [0.4, 0.5) is 0 Å². The molecule has 0 spiro atoms. The Balaban J connectivity index is 1.57. The van der Waals surface area contributed by atoms with Gasteiger partial charge in [-0.3, -0.25) is 0 Å². The van der Waals surface area contributed by atoms with E-state index in [9.17, 15) is 0 Å². The van der Waals surface area contributed by atoms with E-state index in [1.165, 1.54) is 38.6 Å². The van der Waals surface area contributed by atoms with Gasteiger partial charge in [0.15, 0.2) is 0 Å². The quantitative estimate of drug-likeness (QED) is 0.729. The van der Waals surface area contributed by atoms with Gasteiger partial charge in [0.05, 0.1) is 0 Å². The van der Waals surface area contributed by atoms with Gasteiger partial charge < -0.3 is 10.1 Å². The van der Waals surface area contributed by atoms with Gasteiger partial charge >= 0.3 is 0 Å². The standard InChI is InChI=1S/C12H23NO/c1-10(9-13-12-2-3-12)8-11-4-6-14-7-5-11/h10-13H,2-9H2,1H3. The first-order valence-corrected chi connectivity index (χ1v) is 6.15. The molecule has 0 radical (unpaired) electrons. The van der Waals surface area contributed by atoms with Crippen LogP contribution in [0.2, 0.25) is 0 Å². The van der Waals surface area contributed by atoms with Gasteiger partial charge in [-0.15, -0.1) is 0 Å². The molecule has 1 unspecified atom stereocenters. The van der Waals surface area contributed by atoms with E-state index in [2.05, 4.69) is 12.2 Å². The fourth-order valence-electron chi connectivity index (χ4n) is 2.29. The second kappa shape index (κ2) is 5.13. The molecule has 1 aliphatic carbocycles. The van der Waals surface area contributed by atoms with Gasteiger partial charge in [-0.1, -0.05) is 6.92 Å². The van der Waals surface area contributed by atoms with E-state index in [0.717, 1.165) is 31.1 Å². The molecule has 2 nitrogen and oxygen atoms in total. The normalized spacial score (nSPS) is 26.4. The Labute approximate surface area is 87.4 Å². The lowest BCUT2D eigenvalue weighted by Gasteiger charge is -2.25. The van der Waals surface area contributed by atoms with Gasteiger partial charge in [-0.25, -0.2) is 0 Å². The van der Waals surface area contributed by atoms with Crippen molar-refractivity contribution < 1.29 is 4.74 Å². The van der Waals surface area contributed by atoms with Crippen molar-refractivity contribution in [3.8, 4) is 0 Å². The molecule has 1 saturated heterocycles. The molecule has 2 fully saturated rings.